The van der Waals surface area contributed by atoms with Crippen LogP contribution in [0.15, 0.2) is 34.7 Å². The van der Waals surface area contributed by atoms with Crippen LogP contribution in [0.1, 0.15) is 25.1 Å². The van der Waals surface area contributed by atoms with Gasteiger partial charge >= 0.3 is 0 Å². The van der Waals surface area contributed by atoms with Gasteiger partial charge in [-0.1, -0.05) is 6.92 Å². The Bertz CT molecular complexity index is 482. The molecule has 2 rings (SSSR count). The largest absolute Gasteiger partial charge is 0.387 e. The van der Waals surface area contributed by atoms with Gasteiger partial charge in [0.25, 0.3) is 0 Å². The second-order valence-corrected chi connectivity index (χ2v) is 4.71. The third-order valence-corrected chi connectivity index (χ3v) is 3.40. The van der Waals surface area contributed by atoms with E-state index in [-0.39, 0.29) is 0 Å². The third-order valence-electron chi connectivity index (χ3n) is 2.37. The van der Waals surface area contributed by atoms with E-state index in [0.717, 1.165) is 10.1 Å². The van der Waals surface area contributed by atoms with Crippen LogP contribution < -0.4 is 0 Å². The van der Waals surface area contributed by atoms with Crippen molar-refractivity contribution in [3.8, 4) is 0 Å². The minimum atomic E-state index is -0.483. The van der Waals surface area contributed by atoms with Gasteiger partial charge in [0, 0.05) is 18.1 Å². The minimum absolute atomic E-state index is 0.483. The van der Waals surface area contributed by atoms with Gasteiger partial charge in [-0.15, -0.1) is 10.2 Å². The van der Waals surface area contributed by atoms with E-state index in [1.165, 1.54) is 11.8 Å². The van der Waals surface area contributed by atoms with E-state index in [4.69, 9.17) is 0 Å². The van der Waals surface area contributed by atoms with Gasteiger partial charge in [-0.05, 0) is 30.3 Å². The molecule has 0 aliphatic rings. The van der Waals surface area contributed by atoms with Crippen molar-refractivity contribution >= 4 is 11.8 Å². The highest BCUT2D eigenvalue weighted by Gasteiger charge is 2.07. The fraction of sp³-hybridized carbons (Fsp3) is 0.364. The highest BCUT2D eigenvalue weighted by Crippen LogP contribution is 2.25. The average Bonchev–Trinajstić information content (AvgIpc) is 2.75. The summed E-state index contributed by atoms with van der Waals surface area (Å²) in [4.78, 5) is 5.21. The Hall–Kier alpha value is -1.40. The summed E-state index contributed by atoms with van der Waals surface area (Å²) in [6.45, 7) is 1.93. The van der Waals surface area contributed by atoms with Gasteiger partial charge < -0.3 is 9.67 Å². The Morgan fingerprint density at radius 2 is 2.29 bits per heavy atom. The summed E-state index contributed by atoms with van der Waals surface area (Å²) in [5.74, 6) is 0. The van der Waals surface area contributed by atoms with E-state index in [0.29, 0.717) is 12.1 Å². The quantitative estimate of drug-likeness (QED) is 0.896. The molecule has 1 N–H and O–H groups in total. The summed E-state index contributed by atoms with van der Waals surface area (Å²) in [6.07, 6.45) is 3.59. The highest BCUT2D eigenvalue weighted by molar-refractivity contribution is 7.99. The van der Waals surface area contributed by atoms with Crippen LogP contribution in [0.2, 0.25) is 0 Å². The van der Waals surface area contributed by atoms with Crippen LogP contribution in [0, 0.1) is 0 Å². The van der Waals surface area contributed by atoms with Crippen molar-refractivity contribution in [2.24, 2.45) is 7.05 Å². The lowest BCUT2D eigenvalue weighted by Crippen LogP contribution is -1.98. The molecule has 0 aliphatic heterocycles. The molecule has 17 heavy (non-hydrogen) atoms. The first kappa shape index (κ1) is 12.1. The average molecular weight is 250 g/mol. The number of hydrogen-bond acceptors (Lipinski definition) is 5. The standard InChI is InChI=1S/C11H14N4OS/c1-3-10(16)9-5-4-8(6-12-9)17-11-14-13-7-15(11)2/h4-7,10,16H,3H2,1-2H3/t10-/m0/s1. The molecule has 90 valence electrons. The third kappa shape index (κ3) is 2.83. The van der Waals surface area contributed by atoms with Crippen molar-refractivity contribution in [2.75, 3.05) is 0 Å². The van der Waals surface area contributed by atoms with Crippen LogP contribution in [-0.4, -0.2) is 24.9 Å². The lowest BCUT2D eigenvalue weighted by Gasteiger charge is -2.07. The van der Waals surface area contributed by atoms with Gasteiger partial charge in [0.1, 0.15) is 6.33 Å². The summed E-state index contributed by atoms with van der Waals surface area (Å²) in [5.41, 5.74) is 0.704. The molecule has 0 saturated carbocycles. The molecular weight excluding hydrogens is 236 g/mol. The number of aromatic nitrogens is 4. The monoisotopic (exact) mass is 250 g/mol. The number of pyridine rings is 1. The highest BCUT2D eigenvalue weighted by atomic mass is 32.2. The Morgan fingerprint density at radius 3 is 2.82 bits per heavy atom. The Balaban J connectivity index is 2.11. The van der Waals surface area contributed by atoms with Gasteiger partial charge in [-0.3, -0.25) is 4.98 Å². The number of aliphatic hydroxyl groups excluding tert-OH is 1. The fourth-order valence-electron chi connectivity index (χ4n) is 1.33. The first-order valence-corrected chi connectivity index (χ1v) is 6.18. The van der Waals surface area contributed by atoms with Crippen molar-refractivity contribution in [3.63, 3.8) is 0 Å². The van der Waals surface area contributed by atoms with Crippen LogP contribution in [-0.2, 0) is 7.05 Å². The lowest BCUT2D eigenvalue weighted by molar-refractivity contribution is 0.169. The Morgan fingerprint density at radius 1 is 1.47 bits per heavy atom. The molecule has 5 nitrogen and oxygen atoms in total. The maximum Gasteiger partial charge on any atom is 0.195 e. The van der Waals surface area contributed by atoms with Gasteiger partial charge in [0.2, 0.25) is 0 Å². The molecule has 0 bridgehead atoms. The first-order chi connectivity index (χ1) is 8.20. The van der Waals surface area contributed by atoms with Gasteiger partial charge in [-0.2, -0.15) is 0 Å². The molecular formula is C11H14N4OS. The molecule has 0 saturated heterocycles. The molecule has 1 atom stereocenters. The number of aryl methyl sites for hydroxylation is 1. The van der Waals surface area contributed by atoms with Crippen LogP contribution in [0.5, 0.6) is 0 Å². The smallest absolute Gasteiger partial charge is 0.195 e. The molecule has 0 unspecified atom stereocenters. The van der Waals surface area contributed by atoms with E-state index in [9.17, 15) is 5.11 Å². The minimum Gasteiger partial charge on any atom is -0.387 e. The summed E-state index contributed by atoms with van der Waals surface area (Å²) in [5, 5.41) is 18.2. The molecule has 0 radical (unpaired) electrons. The predicted octanol–water partition coefficient (Wildman–Crippen LogP) is 1.80. The SMILES string of the molecule is CC[C@H](O)c1ccc(Sc2nncn2C)cn1. The lowest BCUT2D eigenvalue weighted by atomic mass is 10.2. The fourth-order valence-corrected chi connectivity index (χ4v) is 2.06. The number of aliphatic hydroxyl groups is 1. The van der Waals surface area contributed by atoms with Crippen LogP contribution in [0.3, 0.4) is 0 Å². The number of hydrogen-bond donors (Lipinski definition) is 1. The maximum absolute atomic E-state index is 9.63. The molecule has 0 fully saturated rings. The number of rotatable bonds is 4. The van der Waals surface area contributed by atoms with E-state index in [1.54, 1.807) is 12.5 Å². The molecule has 0 amide bonds. The first-order valence-electron chi connectivity index (χ1n) is 5.36. The predicted molar refractivity (Wildman–Crippen MR) is 64.6 cm³/mol. The van der Waals surface area contributed by atoms with E-state index < -0.39 is 6.10 Å². The summed E-state index contributed by atoms with van der Waals surface area (Å²) in [6, 6.07) is 3.77. The van der Waals surface area contributed by atoms with Crippen molar-refractivity contribution in [2.45, 2.75) is 29.5 Å². The number of nitrogens with zero attached hydrogens (tertiary/aromatic N) is 4. The summed E-state index contributed by atoms with van der Waals surface area (Å²) < 4.78 is 1.85. The second-order valence-electron chi connectivity index (χ2n) is 3.67. The molecule has 2 aromatic rings. The molecule has 0 aliphatic carbocycles. The zero-order chi connectivity index (χ0) is 12.3. The van der Waals surface area contributed by atoms with E-state index >= 15 is 0 Å². The van der Waals surface area contributed by atoms with Crippen molar-refractivity contribution in [1.82, 2.24) is 19.7 Å². The Kier molecular flexibility index (Phi) is 3.75. The zero-order valence-electron chi connectivity index (χ0n) is 9.74. The topological polar surface area (TPSA) is 63.8 Å². The van der Waals surface area contributed by atoms with Crippen molar-refractivity contribution < 1.29 is 5.11 Å². The normalized spacial score (nSPS) is 12.6. The van der Waals surface area contributed by atoms with Crippen LogP contribution in [0.4, 0.5) is 0 Å². The maximum atomic E-state index is 9.63. The summed E-state index contributed by atoms with van der Waals surface area (Å²) >= 11 is 1.49. The van der Waals surface area contributed by atoms with Gasteiger partial charge in [-0.25, -0.2) is 0 Å². The second kappa shape index (κ2) is 5.29. The van der Waals surface area contributed by atoms with Crippen molar-refractivity contribution in [1.29, 1.82) is 0 Å². The van der Waals surface area contributed by atoms with E-state index in [2.05, 4.69) is 15.2 Å². The van der Waals surface area contributed by atoms with Crippen molar-refractivity contribution in [3.05, 3.63) is 30.4 Å². The molecule has 6 heteroatoms. The van der Waals surface area contributed by atoms with Gasteiger partial charge in [0.05, 0.1) is 11.8 Å². The Labute approximate surface area is 104 Å². The molecule has 2 aromatic heterocycles. The van der Waals surface area contributed by atoms with Crippen LogP contribution >= 0.6 is 11.8 Å². The van der Waals surface area contributed by atoms with Crippen LogP contribution in [0.25, 0.3) is 0 Å². The zero-order valence-corrected chi connectivity index (χ0v) is 10.6. The molecule has 2 heterocycles. The molecule has 0 spiro atoms. The van der Waals surface area contributed by atoms with E-state index in [1.807, 2.05) is 30.7 Å². The van der Waals surface area contributed by atoms with Gasteiger partial charge in [0.15, 0.2) is 5.16 Å². The molecule has 0 aromatic carbocycles. The summed E-state index contributed by atoms with van der Waals surface area (Å²) in [7, 11) is 1.89.